The molecule has 0 bridgehead atoms. The summed E-state index contributed by atoms with van der Waals surface area (Å²) in [5.41, 5.74) is 0.0333. The van der Waals surface area contributed by atoms with E-state index in [0.717, 1.165) is 26.2 Å². The molecule has 0 atom stereocenters. The molecule has 0 aliphatic carbocycles. The van der Waals surface area contributed by atoms with Crippen molar-refractivity contribution >= 4 is 0 Å². The van der Waals surface area contributed by atoms with Crippen molar-refractivity contribution in [2.24, 2.45) is 5.92 Å². The number of nitrogens with zero attached hydrogens (tertiary/aromatic N) is 2. The molecular weight excluding hydrogens is 184 g/mol. The van der Waals surface area contributed by atoms with Crippen molar-refractivity contribution in [2.45, 2.75) is 33.2 Å². The smallest absolute Gasteiger partial charge is 0.0769 e. The van der Waals surface area contributed by atoms with Crippen LogP contribution in [-0.4, -0.2) is 48.6 Å². The van der Waals surface area contributed by atoms with Crippen LogP contribution in [0.25, 0.3) is 0 Å². The fraction of sp³-hybridized carbons (Fsp3) is 0.846. The highest BCUT2D eigenvalue weighted by atomic mass is 15.3. The van der Waals surface area contributed by atoms with Crippen molar-refractivity contribution in [3.8, 4) is 11.8 Å². The van der Waals surface area contributed by atoms with Crippen molar-refractivity contribution in [1.82, 2.24) is 9.80 Å². The SMILES string of the molecule is CC(C)C#CC(C)(C)N1CCN(C)CC1. The summed E-state index contributed by atoms with van der Waals surface area (Å²) in [6.07, 6.45) is 0. The van der Waals surface area contributed by atoms with Gasteiger partial charge in [-0.3, -0.25) is 4.90 Å². The summed E-state index contributed by atoms with van der Waals surface area (Å²) in [6.45, 7) is 13.3. The predicted octanol–water partition coefficient (Wildman–Crippen LogP) is 1.67. The summed E-state index contributed by atoms with van der Waals surface area (Å²) in [5.74, 6) is 7.16. The monoisotopic (exact) mass is 208 g/mol. The summed E-state index contributed by atoms with van der Waals surface area (Å²) in [6, 6.07) is 0. The van der Waals surface area contributed by atoms with Gasteiger partial charge in [0.25, 0.3) is 0 Å². The van der Waals surface area contributed by atoms with Crippen molar-refractivity contribution < 1.29 is 0 Å². The number of hydrogen-bond donors (Lipinski definition) is 0. The lowest BCUT2D eigenvalue weighted by molar-refractivity contribution is 0.0945. The molecule has 0 saturated carbocycles. The Kier molecular flexibility index (Phi) is 4.19. The maximum Gasteiger partial charge on any atom is 0.0769 e. The molecule has 0 aromatic carbocycles. The third kappa shape index (κ3) is 3.85. The number of piperazine rings is 1. The highest BCUT2D eigenvalue weighted by molar-refractivity contribution is 5.16. The fourth-order valence-electron chi connectivity index (χ4n) is 1.77. The molecule has 0 aromatic heterocycles. The van der Waals surface area contributed by atoms with Gasteiger partial charge in [-0.05, 0) is 20.9 Å². The Hall–Kier alpha value is -0.520. The number of rotatable bonds is 1. The van der Waals surface area contributed by atoms with Gasteiger partial charge < -0.3 is 4.90 Å². The zero-order valence-electron chi connectivity index (χ0n) is 10.8. The van der Waals surface area contributed by atoms with Gasteiger partial charge in [-0.15, -0.1) is 0 Å². The Morgan fingerprint density at radius 2 is 1.60 bits per heavy atom. The van der Waals surface area contributed by atoms with Gasteiger partial charge in [0.1, 0.15) is 0 Å². The van der Waals surface area contributed by atoms with Gasteiger partial charge in [0.15, 0.2) is 0 Å². The lowest BCUT2D eigenvalue weighted by atomic mass is 10.0. The summed E-state index contributed by atoms with van der Waals surface area (Å²) in [5, 5.41) is 0. The first-order chi connectivity index (χ1) is 6.92. The predicted molar refractivity (Wildman–Crippen MR) is 65.8 cm³/mol. The Bertz CT molecular complexity index is 249. The van der Waals surface area contributed by atoms with Crippen LogP contribution in [0.15, 0.2) is 0 Å². The summed E-state index contributed by atoms with van der Waals surface area (Å²) in [4.78, 5) is 4.87. The van der Waals surface area contributed by atoms with Crippen LogP contribution < -0.4 is 0 Å². The third-order valence-corrected chi connectivity index (χ3v) is 2.96. The van der Waals surface area contributed by atoms with E-state index in [4.69, 9.17) is 0 Å². The van der Waals surface area contributed by atoms with Gasteiger partial charge in [-0.2, -0.15) is 0 Å². The first kappa shape index (κ1) is 12.5. The summed E-state index contributed by atoms with van der Waals surface area (Å²) in [7, 11) is 2.18. The quantitative estimate of drug-likeness (QED) is 0.605. The molecule has 0 aromatic rings. The molecule has 0 amide bonds. The first-order valence-corrected chi connectivity index (χ1v) is 5.88. The van der Waals surface area contributed by atoms with Gasteiger partial charge in [-0.1, -0.05) is 25.7 Å². The van der Waals surface area contributed by atoms with Crippen LogP contribution in [0.3, 0.4) is 0 Å². The van der Waals surface area contributed by atoms with E-state index >= 15 is 0 Å². The van der Waals surface area contributed by atoms with Gasteiger partial charge in [0.05, 0.1) is 5.54 Å². The Morgan fingerprint density at radius 3 is 2.07 bits per heavy atom. The molecule has 0 spiro atoms. The van der Waals surface area contributed by atoms with E-state index in [1.54, 1.807) is 0 Å². The first-order valence-electron chi connectivity index (χ1n) is 5.88. The minimum absolute atomic E-state index is 0.0333. The van der Waals surface area contributed by atoms with Crippen LogP contribution in [-0.2, 0) is 0 Å². The second kappa shape index (κ2) is 5.01. The van der Waals surface area contributed by atoms with E-state index in [1.807, 2.05) is 0 Å². The molecule has 2 nitrogen and oxygen atoms in total. The molecule has 1 rings (SSSR count). The van der Waals surface area contributed by atoms with Crippen molar-refractivity contribution in [3.63, 3.8) is 0 Å². The van der Waals surface area contributed by atoms with Crippen molar-refractivity contribution in [1.29, 1.82) is 0 Å². The van der Waals surface area contributed by atoms with Crippen molar-refractivity contribution in [3.05, 3.63) is 0 Å². The van der Waals surface area contributed by atoms with Crippen LogP contribution in [0.4, 0.5) is 0 Å². The van der Waals surface area contributed by atoms with Crippen LogP contribution in [0.5, 0.6) is 0 Å². The van der Waals surface area contributed by atoms with E-state index in [-0.39, 0.29) is 5.54 Å². The summed E-state index contributed by atoms with van der Waals surface area (Å²) >= 11 is 0. The zero-order chi connectivity index (χ0) is 11.5. The molecule has 1 aliphatic rings. The molecule has 1 fully saturated rings. The van der Waals surface area contributed by atoms with Gasteiger partial charge in [0.2, 0.25) is 0 Å². The zero-order valence-corrected chi connectivity index (χ0v) is 10.8. The van der Waals surface area contributed by atoms with E-state index < -0.39 is 0 Å². The Balaban J connectivity index is 2.58. The lowest BCUT2D eigenvalue weighted by Crippen LogP contribution is -2.53. The minimum Gasteiger partial charge on any atom is -0.304 e. The van der Waals surface area contributed by atoms with Crippen LogP contribution >= 0.6 is 0 Å². The topological polar surface area (TPSA) is 6.48 Å². The largest absolute Gasteiger partial charge is 0.304 e. The summed E-state index contributed by atoms with van der Waals surface area (Å²) < 4.78 is 0. The van der Waals surface area contributed by atoms with Gasteiger partial charge >= 0.3 is 0 Å². The maximum absolute atomic E-state index is 3.40. The normalized spacial score (nSPS) is 20.1. The maximum atomic E-state index is 3.40. The van der Waals surface area contributed by atoms with Gasteiger partial charge in [0, 0.05) is 32.1 Å². The molecule has 1 saturated heterocycles. The Morgan fingerprint density at radius 1 is 1.07 bits per heavy atom. The molecular formula is C13H24N2. The highest BCUT2D eigenvalue weighted by Gasteiger charge is 2.27. The van der Waals surface area contributed by atoms with Crippen LogP contribution in [0, 0.1) is 17.8 Å². The van der Waals surface area contributed by atoms with E-state index in [9.17, 15) is 0 Å². The van der Waals surface area contributed by atoms with Crippen molar-refractivity contribution in [2.75, 3.05) is 33.2 Å². The average molecular weight is 208 g/mol. The molecule has 1 aliphatic heterocycles. The lowest BCUT2D eigenvalue weighted by Gasteiger charge is -2.40. The highest BCUT2D eigenvalue weighted by Crippen LogP contribution is 2.15. The standard InChI is InChI=1S/C13H24N2/c1-12(2)6-7-13(3,4)15-10-8-14(5)9-11-15/h12H,8-11H2,1-5H3. The van der Waals surface area contributed by atoms with Gasteiger partial charge in [-0.25, -0.2) is 0 Å². The van der Waals surface area contributed by atoms with E-state index in [0.29, 0.717) is 5.92 Å². The molecule has 1 heterocycles. The molecule has 0 radical (unpaired) electrons. The molecule has 0 N–H and O–H groups in total. The van der Waals surface area contributed by atoms with E-state index in [2.05, 4.69) is 56.4 Å². The number of hydrogen-bond acceptors (Lipinski definition) is 2. The Labute approximate surface area is 94.6 Å². The fourth-order valence-corrected chi connectivity index (χ4v) is 1.77. The van der Waals surface area contributed by atoms with E-state index in [1.165, 1.54) is 0 Å². The molecule has 2 heteroatoms. The third-order valence-electron chi connectivity index (χ3n) is 2.96. The minimum atomic E-state index is 0.0333. The second-order valence-corrected chi connectivity index (χ2v) is 5.27. The average Bonchev–Trinajstić information content (AvgIpc) is 2.16. The molecule has 86 valence electrons. The molecule has 15 heavy (non-hydrogen) atoms. The van der Waals surface area contributed by atoms with Crippen LogP contribution in [0.2, 0.25) is 0 Å². The second-order valence-electron chi connectivity index (χ2n) is 5.27. The number of likely N-dealkylation sites (N-methyl/N-ethyl adjacent to an activating group) is 1. The molecule has 0 unspecified atom stereocenters. The van der Waals surface area contributed by atoms with Crippen LogP contribution in [0.1, 0.15) is 27.7 Å².